The van der Waals surface area contributed by atoms with Crippen LogP contribution in [0.4, 0.5) is 0 Å². The summed E-state index contributed by atoms with van der Waals surface area (Å²) in [6, 6.07) is 12.0. The summed E-state index contributed by atoms with van der Waals surface area (Å²) < 4.78 is 36.2. The Morgan fingerprint density at radius 3 is 2.50 bits per heavy atom. The van der Waals surface area contributed by atoms with Gasteiger partial charge in [0.25, 0.3) is 0 Å². The lowest BCUT2D eigenvalue weighted by atomic mass is 10.2. The Morgan fingerprint density at radius 2 is 1.88 bits per heavy atom. The van der Waals surface area contributed by atoms with Crippen molar-refractivity contribution in [3.63, 3.8) is 0 Å². The van der Waals surface area contributed by atoms with Crippen LogP contribution in [0.1, 0.15) is 22.8 Å². The molecule has 2 rings (SSSR count). The first-order valence-electron chi connectivity index (χ1n) is 7.71. The molecule has 0 aliphatic rings. The molecule has 0 aromatic heterocycles. The minimum atomic E-state index is -3.67. The Morgan fingerprint density at radius 1 is 1.15 bits per heavy atom. The van der Waals surface area contributed by atoms with Crippen molar-refractivity contribution in [2.45, 2.75) is 11.8 Å². The maximum Gasteiger partial charge on any atom is 0.343 e. The minimum absolute atomic E-state index is 0.0122. The summed E-state index contributed by atoms with van der Waals surface area (Å²) in [5, 5.41) is 8.96. The number of benzene rings is 2. The van der Waals surface area contributed by atoms with Crippen molar-refractivity contribution in [1.82, 2.24) is 4.31 Å². The summed E-state index contributed by atoms with van der Waals surface area (Å²) >= 11 is 0. The Balaban J connectivity index is 2.33. The van der Waals surface area contributed by atoms with E-state index < -0.39 is 16.0 Å². The minimum Gasteiger partial charge on any atom is -0.490 e. The zero-order valence-electron chi connectivity index (χ0n) is 14.6. The molecule has 0 saturated heterocycles. The molecule has 0 aliphatic carbocycles. The van der Waals surface area contributed by atoms with Crippen LogP contribution >= 0.6 is 0 Å². The second-order valence-electron chi connectivity index (χ2n) is 5.41. The van der Waals surface area contributed by atoms with Crippen LogP contribution in [-0.2, 0) is 10.0 Å². The highest BCUT2D eigenvalue weighted by Gasteiger charge is 2.20. The predicted octanol–water partition coefficient (Wildman–Crippen LogP) is 2.43. The maximum atomic E-state index is 12.4. The van der Waals surface area contributed by atoms with Crippen LogP contribution in [0.15, 0.2) is 47.4 Å². The van der Waals surface area contributed by atoms with Crippen molar-refractivity contribution >= 4 is 16.0 Å². The highest BCUT2D eigenvalue weighted by molar-refractivity contribution is 7.89. The number of rotatable bonds is 6. The number of carbonyl (C=O) groups excluding carboxylic acids is 1. The van der Waals surface area contributed by atoms with Gasteiger partial charge in [0.2, 0.25) is 10.0 Å². The molecule has 7 nitrogen and oxygen atoms in total. The van der Waals surface area contributed by atoms with Crippen molar-refractivity contribution in [3.05, 3.63) is 53.6 Å². The van der Waals surface area contributed by atoms with Gasteiger partial charge in [-0.3, -0.25) is 0 Å². The van der Waals surface area contributed by atoms with Crippen molar-refractivity contribution in [2.75, 3.05) is 20.7 Å². The van der Waals surface area contributed by atoms with Crippen molar-refractivity contribution in [3.8, 4) is 17.6 Å². The fraction of sp³-hybridized carbons (Fsp3) is 0.222. The summed E-state index contributed by atoms with van der Waals surface area (Å²) in [5.41, 5.74) is 0.451. The molecule has 0 saturated carbocycles. The van der Waals surface area contributed by atoms with Crippen LogP contribution in [0, 0.1) is 11.3 Å². The van der Waals surface area contributed by atoms with Gasteiger partial charge in [0.1, 0.15) is 0 Å². The van der Waals surface area contributed by atoms with Gasteiger partial charge in [-0.2, -0.15) is 5.26 Å². The fourth-order valence-electron chi connectivity index (χ4n) is 2.08. The summed E-state index contributed by atoms with van der Waals surface area (Å²) in [7, 11) is -0.850. The molecule has 0 spiro atoms. The Hall–Kier alpha value is -2.89. The molecular formula is C18H18N2O5S. The summed E-state index contributed by atoms with van der Waals surface area (Å²) in [5.74, 6) is -0.319. The van der Waals surface area contributed by atoms with Crippen LogP contribution < -0.4 is 9.47 Å². The fourth-order valence-corrected chi connectivity index (χ4v) is 3.03. The van der Waals surface area contributed by atoms with Crippen LogP contribution in [0.25, 0.3) is 0 Å². The van der Waals surface area contributed by atoms with Gasteiger partial charge in [-0.15, -0.1) is 0 Å². The van der Waals surface area contributed by atoms with E-state index in [9.17, 15) is 13.2 Å². The van der Waals surface area contributed by atoms with Gasteiger partial charge >= 0.3 is 5.97 Å². The zero-order valence-corrected chi connectivity index (χ0v) is 15.4. The normalized spacial score (nSPS) is 11.0. The SMILES string of the molecule is CCOc1cc(C#N)ccc1OC(=O)c1cccc(S(=O)(=O)N(C)C)c1. The van der Waals surface area contributed by atoms with E-state index >= 15 is 0 Å². The van der Waals surface area contributed by atoms with E-state index in [1.807, 2.05) is 6.07 Å². The first-order valence-corrected chi connectivity index (χ1v) is 9.15. The summed E-state index contributed by atoms with van der Waals surface area (Å²) in [6.45, 7) is 2.09. The molecule has 2 aromatic rings. The number of carbonyl (C=O) groups is 1. The smallest absolute Gasteiger partial charge is 0.343 e. The van der Waals surface area contributed by atoms with E-state index in [1.54, 1.807) is 6.92 Å². The van der Waals surface area contributed by atoms with Crippen molar-refractivity contribution in [2.24, 2.45) is 0 Å². The Kier molecular flexibility index (Phi) is 5.97. The van der Waals surface area contributed by atoms with Gasteiger partial charge in [-0.1, -0.05) is 6.07 Å². The van der Waals surface area contributed by atoms with Crippen molar-refractivity contribution < 1.29 is 22.7 Å². The van der Waals surface area contributed by atoms with Gasteiger partial charge in [0.15, 0.2) is 11.5 Å². The summed E-state index contributed by atoms with van der Waals surface area (Å²) in [4.78, 5) is 12.4. The highest BCUT2D eigenvalue weighted by Crippen LogP contribution is 2.29. The van der Waals surface area contributed by atoms with Gasteiger partial charge < -0.3 is 9.47 Å². The van der Waals surface area contributed by atoms with Crippen LogP contribution in [0.2, 0.25) is 0 Å². The lowest BCUT2D eigenvalue weighted by molar-refractivity contribution is 0.0728. The second-order valence-corrected chi connectivity index (χ2v) is 7.56. The molecule has 8 heteroatoms. The van der Waals surface area contributed by atoms with Gasteiger partial charge in [-0.25, -0.2) is 17.5 Å². The maximum absolute atomic E-state index is 12.4. The topological polar surface area (TPSA) is 96.7 Å². The van der Waals surface area contributed by atoms with Gasteiger partial charge in [0.05, 0.1) is 28.7 Å². The molecule has 0 unspecified atom stereocenters. The molecule has 26 heavy (non-hydrogen) atoms. The number of sulfonamides is 1. The Labute approximate surface area is 152 Å². The number of nitrogens with zero attached hydrogens (tertiary/aromatic N) is 2. The van der Waals surface area contributed by atoms with Gasteiger partial charge in [0, 0.05) is 20.2 Å². The van der Waals surface area contributed by atoms with Crippen LogP contribution in [-0.4, -0.2) is 39.4 Å². The third kappa shape index (κ3) is 4.20. The number of nitriles is 1. The predicted molar refractivity (Wildman–Crippen MR) is 94.6 cm³/mol. The van der Waals surface area contributed by atoms with E-state index in [4.69, 9.17) is 14.7 Å². The molecule has 0 radical (unpaired) electrons. The number of hydrogen-bond donors (Lipinski definition) is 0. The lowest BCUT2D eigenvalue weighted by Crippen LogP contribution is -2.22. The van der Waals surface area contributed by atoms with E-state index in [-0.39, 0.29) is 22.0 Å². The summed E-state index contributed by atoms with van der Waals surface area (Å²) in [6.07, 6.45) is 0. The van der Waals surface area contributed by atoms with Crippen molar-refractivity contribution in [1.29, 1.82) is 5.26 Å². The molecule has 0 heterocycles. The van der Waals surface area contributed by atoms with Gasteiger partial charge in [-0.05, 0) is 37.3 Å². The van der Waals surface area contributed by atoms with E-state index in [1.165, 1.54) is 56.6 Å². The average Bonchev–Trinajstić information content (AvgIpc) is 2.63. The number of hydrogen-bond acceptors (Lipinski definition) is 6. The molecule has 0 bridgehead atoms. The molecule has 0 atom stereocenters. The molecule has 136 valence electrons. The molecule has 0 fully saturated rings. The molecule has 0 N–H and O–H groups in total. The highest BCUT2D eigenvalue weighted by atomic mass is 32.2. The van der Waals surface area contributed by atoms with E-state index in [0.717, 1.165) is 4.31 Å². The third-order valence-corrected chi connectivity index (χ3v) is 5.23. The van der Waals surface area contributed by atoms with Crippen LogP contribution in [0.5, 0.6) is 11.5 Å². The lowest BCUT2D eigenvalue weighted by Gasteiger charge is -2.13. The zero-order chi connectivity index (χ0) is 19.3. The Bertz CT molecular complexity index is 962. The van der Waals surface area contributed by atoms with E-state index in [2.05, 4.69) is 0 Å². The molecule has 2 aromatic carbocycles. The molecule has 0 aliphatic heterocycles. The monoisotopic (exact) mass is 374 g/mol. The van der Waals surface area contributed by atoms with Crippen LogP contribution in [0.3, 0.4) is 0 Å². The average molecular weight is 374 g/mol. The van der Waals surface area contributed by atoms with E-state index in [0.29, 0.717) is 12.2 Å². The second kappa shape index (κ2) is 7.99. The number of esters is 1. The largest absolute Gasteiger partial charge is 0.490 e. The number of ether oxygens (including phenoxy) is 2. The molecular weight excluding hydrogens is 356 g/mol. The molecule has 0 amide bonds. The third-order valence-electron chi connectivity index (χ3n) is 3.42. The first kappa shape index (κ1) is 19.4. The first-order chi connectivity index (χ1) is 12.3. The quantitative estimate of drug-likeness (QED) is 0.569. The standard InChI is InChI=1S/C18H18N2O5S/c1-4-24-17-10-13(12-19)8-9-16(17)25-18(21)14-6-5-7-15(11-14)26(22,23)20(2)3/h5-11H,4H2,1-3H3.